The molecule has 0 fully saturated rings. The number of para-hydroxylation sites is 9. The Morgan fingerprint density at radius 3 is 0.838 bits per heavy atom. The van der Waals surface area contributed by atoms with Crippen molar-refractivity contribution in [3.05, 3.63) is 370 Å². The molecule has 18 aromatic rings. The summed E-state index contributed by atoms with van der Waals surface area (Å²) >= 11 is 3.88. The third kappa shape index (κ3) is 9.12. The van der Waals surface area contributed by atoms with Crippen molar-refractivity contribution in [2.45, 2.75) is 0 Å². The highest BCUT2D eigenvalue weighted by Crippen LogP contribution is 2.55. The van der Waals surface area contributed by atoms with Crippen molar-refractivity contribution in [2.75, 3.05) is 29.4 Å². The quantitative estimate of drug-likeness (QED) is 0.120. The lowest BCUT2D eigenvalue weighted by Crippen LogP contribution is -2.60. The average Bonchev–Trinajstić information content (AvgIpc) is 1.64. The predicted molar refractivity (Wildman–Crippen MR) is 449 cm³/mol. The van der Waals surface area contributed by atoms with Gasteiger partial charge < -0.3 is 34.0 Å². The van der Waals surface area contributed by atoms with Crippen LogP contribution in [0.5, 0.6) is 0 Å². The Balaban J connectivity index is 0.871. The van der Waals surface area contributed by atoms with Gasteiger partial charge in [-0.2, -0.15) is 0 Å². The van der Waals surface area contributed by atoms with E-state index in [2.05, 4.69) is 404 Å². The van der Waals surface area contributed by atoms with E-state index < -0.39 is 0 Å². The van der Waals surface area contributed by atoms with Crippen molar-refractivity contribution >= 4 is 212 Å². The zero-order valence-corrected chi connectivity index (χ0v) is 58.5. The fourth-order valence-electron chi connectivity index (χ4n) is 17.5. The van der Waals surface area contributed by atoms with Crippen molar-refractivity contribution in [2.24, 2.45) is 0 Å². The number of rotatable bonds is 11. The first-order valence-corrected chi connectivity index (χ1v) is 37.6. The molecule has 11 heteroatoms. The lowest BCUT2D eigenvalue weighted by Gasteiger charge is -2.44. The minimum Gasteiger partial charge on any atom is -0.311 e. The second-order valence-electron chi connectivity index (χ2n) is 27.5. The van der Waals surface area contributed by atoms with Crippen LogP contribution in [0.15, 0.2) is 370 Å². The summed E-state index contributed by atoms with van der Waals surface area (Å²) in [5.74, 6) is 0. The van der Waals surface area contributed by atoms with E-state index in [4.69, 9.17) is 0 Å². The summed E-state index contributed by atoms with van der Waals surface area (Å²) in [6.45, 7) is -0.338. The minimum absolute atomic E-state index is 0.169. The molecule has 0 aliphatic carbocycles. The van der Waals surface area contributed by atoms with Gasteiger partial charge in [0.15, 0.2) is 0 Å². The van der Waals surface area contributed by atoms with Crippen LogP contribution in [-0.2, 0) is 0 Å². The predicted octanol–water partition coefficient (Wildman–Crippen LogP) is 22.3. The van der Waals surface area contributed by atoms with Gasteiger partial charge in [-0.25, -0.2) is 0 Å². The lowest BCUT2D eigenvalue weighted by molar-refractivity contribution is 1.17. The largest absolute Gasteiger partial charge is 0.311 e. The Labute approximate surface area is 617 Å². The average molecular weight is 1370 g/mol. The summed E-state index contributed by atoms with van der Waals surface area (Å²) in [5, 5.41) is 4.88. The van der Waals surface area contributed by atoms with Gasteiger partial charge in [-0.1, -0.05) is 212 Å². The van der Waals surface area contributed by atoms with E-state index in [1.807, 2.05) is 22.7 Å². The highest BCUT2D eigenvalue weighted by Gasteiger charge is 2.49. The fourth-order valence-corrected chi connectivity index (χ4v) is 20.2. The molecule has 7 nitrogen and oxygen atoms in total. The molecule has 0 N–H and O–H groups in total. The van der Waals surface area contributed by atoms with E-state index in [-0.39, 0.29) is 13.4 Å². The molecule has 0 spiro atoms. The Hall–Kier alpha value is -13.1. The molecule has 0 saturated carbocycles. The first-order valence-electron chi connectivity index (χ1n) is 36.0. The fraction of sp³-hybridized carbons (Fsp3) is 0. The molecule has 15 aromatic carbocycles. The zero-order valence-electron chi connectivity index (χ0n) is 56.8. The summed E-state index contributed by atoms with van der Waals surface area (Å²) < 4.78 is 7.73. The molecule has 0 unspecified atom stereocenters. The number of anilines is 18. The molecule has 4 aliphatic heterocycles. The second-order valence-corrected chi connectivity index (χ2v) is 29.7. The van der Waals surface area contributed by atoms with Crippen LogP contribution in [0.2, 0.25) is 0 Å². The summed E-state index contributed by atoms with van der Waals surface area (Å²) in [4.78, 5) is 15.2. The van der Waals surface area contributed by atoms with E-state index in [0.717, 1.165) is 108 Å². The van der Waals surface area contributed by atoms with Crippen molar-refractivity contribution in [3.8, 4) is 5.69 Å². The van der Waals surface area contributed by atoms with Crippen LogP contribution in [0.4, 0.5) is 102 Å². The van der Waals surface area contributed by atoms with Crippen LogP contribution in [0.3, 0.4) is 0 Å². The van der Waals surface area contributed by atoms with E-state index in [9.17, 15) is 0 Å². The Morgan fingerprint density at radius 2 is 0.505 bits per heavy atom. The highest BCUT2D eigenvalue weighted by molar-refractivity contribution is 7.34. The highest BCUT2D eigenvalue weighted by atomic mass is 32.1. The molecule has 0 atom stereocenters. The van der Waals surface area contributed by atoms with Gasteiger partial charge in [0.25, 0.3) is 13.4 Å². The van der Waals surface area contributed by atoms with Gasteiger partial charge in [0.05, 0.1) is 33.8 Å². The van der Waals surface area contributed by atoms with Crippen LogP contribution < -0.4 is 60.8 Å². The monoisotopic (exact) mass is 1370 g/mol. The minimum atomic E-state index is -0.169. The maximum atomic E-state index is 2.63. The molecule has 0 radical (unpaired) electrons. The molecule has 3 aromatic heterocycles. The van der Waals surface area contributed by atoms with Crippen LogP contribution in [-0.4, -0.2) is 18.0 Å². The third-order valence-corrected chi connectivity index (χ3v) is 24.2. The van der Waals surface area contributed by atoms with Gasteiger partial charge in [-0.05, 0) is 180 Å². The van der Waals surface area contributed by atoms with E-state index in [1.54, 1.807) is 0 Å². The molecule has 7 heterocycles. The summed E-state index contributed by atoms with van der Waals surface area (Å²) in [6, 6.07) is 137. The lowest BCUT2D eigenvalue weighted by atomic mass is 9.36. The number of aromatic nitrogens is 1. The van der Waals surface area contributed by atoms with Crippen molar-refractivity contribution in [3.63, 3.8) is 0 Å². The van der Waals surface area contributed by atoms with Crippen LogP contribution >= 0.6 is 22.7 Å². The van der Waals surface area contributed by atoms with Crippen LogP contribution in [0.25, 0.3) is 47.7 Å². The van der Waals surface area contributed by atoms with Gasteiger partial charge >= 0.3 is 0 Å². The summed E-state index contributed by atoms with van der Waals surface area (Å²) in [6.07, 6.45) is 0. The molecule has 490 valence electrons. The molecule has 0 saturated heterocycles. The second kappa shape index (κ2) is 23.8. The summed E-state index contributed by atoms with van der Waals surface area (Å²) in [7, 11) is 0. The number of benzene rings is 15. The molecule has 0 amide bonds. The van der Waals surface area contributed by atoms with Crippen molar-refractivity contribution < 1.29 is 0 Å². The Kier molecular flexibility index (Phi) is 13.5. The maximum Gasteiger partial charge on any atom is 0.264 e. The van der Waals surface area contributed by atoms with Crippen LogP contribution in [0, 0.1) is 0 Å². The molecule has 105 heavy (non-hydrogen) atoms. The first-order chi connectivity index (χ1) is 52.1. The SMILES string of the molecule is c1ccc(N(c2ccccc2)c2cc3c4c(c2)N(c2ccccc2)c2c(sc5ccccc25)B4c2cc4c5cc6c(cc5n(-c5ccccc5)c4cc2N3c2ccccc2)N(c2ccccc2)c2cc(N(c3ccccc3)c3ccccc3)cc3c2B6c2sc4ccccc4c2N3c2ccccc2)cc1. The molecular weight excluding hydrogens is 1310 g/mol. The van der Waals surface area contributed by atoms with Crippen molar-refractivity contribution in [1.29, 1.82) is 0 Å². The van der Waals surface area contributed by atoms with Gasteiger partial charge in [0.2, 0.25) is 0 Å². The number of fused-ring (bicyclic) bond motifs is 15. The third-order valence-electron chi connectivity index (χ3n) is 21.8. The van der Waals surface area contributed by atoms with E-state index in [0.29, 0.717) is 0 Å². The molecule has 4 aliphatic rings. The van der Waals surface area contributed by atoms with Gasteiger partial charge in [-0.3, -0.25) is 0 Å². The molecule has 0 bridgehead atoms. The number of hydrogen-bond acceptors (Lipinski definition) is 8. The van der Waals surface area contributed by atoms with E-state index >= 15 is 0 Å². The standard InChI is InChI=1S/C94H61B2N7S2/c1-10-32-62(33-11-1)97(63-34-12-2-13-35-63)71-54-83-89-85(56-71)102(69-46-24-8-25-47-69)91-73-50-28-30-52-87(73)104-93(91)95(89)77-58-75-76-59-78-82(61-80(76)99(66-40-18-5-19-41-66)79(75)60-81(77)100(83)67-42-20-6-21-43-67)101(68-44-22-7-23-45-68)84-55-72(98(64-36-14-3-15-37-64)65-38-16-4-17-39-65)57-86-90(84)96(78)94-92(74-51-29-31-53-88(74)105-94)103(86)70-48-26-9-27-49-70/h1-61H. The number of nitrogens with zero attached hydrogens (tertiary/aromatic N) is 7. The Bertz CT molecular complexity index is 5990. The van der Waals surface area contributed by atoms with Gasteiger partial charge in [0, 0.05) is 126 Å². The summed E-state index contributed by atoms with van der Waals surface area (Å²) in [5.41, 5.74) is 28.5. The zero-order chi connectivity index (χ0) is 68.8. The Morgan fingerprint density at radius 1 is 0.229 bits per heavy atom. The normalized spacial score (nSPS) is 13.0. The topological polar surface area (TPSA) is 24.4 Å². The first kappa shape index (κ1) is 59.6. The smallest absolute Gasteiger partial charge is 0.264 e. The maximum absolute atomic E-state index is 2.63. The molecule has 22 rings (SSSR count). The van der Waals surface area contributed by atoms with E-state index in [1.165, 1.54) is 73.7 Å². The molecular formula is C94H61B2N7S2. The van der Waals surface area contributed by atoms with Crippen molar-refractivity contribution in [1.82, 2.24) is 4.57 Å². The van der Waals surface area contributed by atoms with Crippen LogP contribution in [0.1, 0.15) is 0 Å². The number of thiophene rings is 2. The number of hydrogen-bond donors (Lipinski definition) is 0. The van der Waals surface area contributed by atoms with Gasteiger partial charge in [0.1, 0.15) is 0 Å². The van der Waals surface area contributed by atoms with Gasteiger partial charge in [-0.15, -0.1) is 22.7 Å².